The second-order valence-corrected chi connectivity index (χ2v) is 7.10. The normalized spacial score (nSPS) is 14.7. The molecule has 0 bridgehead atoms. The van der Waals surface area contributed by atoms with Crippen molar-refractivity contribution in [1.82, 2.24) is 10.2 Å². The molecule has 1 aliphatic heterocycles. The number of aromatic nitrogens is 2. The summed E-state index contributed by atoms with van der Waals surface area (Å²) in [6, 6.07) is 16.7. The molecule has 150 valence electrons. The van der Waals surface area contributed by atoms with Crippen LogP contribution in [0.3, 0.4) is 0 Å². The highest BCUT2D eigenvalue weighted by molar-refractivity contribution is 5.65. The van der Waals surface area contributed by atoms with Crippen LogP contribution in [-0.2, 0) is 6.18 Å². The molecule has 1 saturated heterocycles. The quantitative estimate of drug-likeness (QED) is 0.594. The van der Waals surface area contributed by atoms with E-state index in [1.165, 1.54) is 31.0 Å². The van der Waals surface area contributed by atoms with Crippen molar-refractivity contribution in [2.75, 3.05) is 23.3 Å². The minimum absolute atomic E-state index is 0.313. The van der Waals surface area contributed by atoms with E-state index in [0.29, 0.717) is 17.2 Å². The van der Waals surface area contributed by atoms with Crippen LogP contribution in [0.15, 0.2) is 60.7 Å². The molecule has 1 N–H and O–H groups in total. The van der Waals surface area contributed by atoms with Gasteiger partial charge in [0.25, 0.3) is 0 Å². The summed E-state index contributed by atoms with van der Waals surface area (Å²) in [4.78, 5) is 2.39. The van der Waals surface area contributed by atoms with Gasteiger partial charge < -0.3 is 10.2 Å². The maximum absolute atomic E-state index is 12.8. The molecule has 0 radical (unpaired) electrons. The molecule has 0 aliphatic carbocycles. The van der Waals surface area contributed by atoms with Gasteiger partial charge in [-0.2, -0.15) is 13.2 Å². The fourth-order valence-electron chi connectivity index (χ4n) is 3.47. The van der Waals surface area contributed by atoms with Crippen molar-refractivity contribution in [2.24, 2.45) is 0 Å². The van der Waals surface area contributed by atoms with Gasteiger partial charge in [-0.05, 0) is 61.7 Å². The first-order chi connectivity index (χ1) is 14.0. The zero-order valence-electron chi connectivity index (χ0n) is 15.8. The van der Waals surface area contributed by atoms with Gasteiger partial charge in [-0.3, -0.25) is 0 Å². The van der Waals surface area contributed by atoms with Crippen molar-refractivity contribution in [1.29, 1.82) is 0 Å². The van der Waals surface area contributed by atoms with Crippen LogP contribution in [0.25, 0.3) is 11.3 Å². The molecule has 0 amide bonds. The average molecular weight is 398 g/mol. The van der Waals surface area contributed by atoms with Gasteiger partial charge in [-0.15, -0.1) is 10.2 Å². The Hall–Kier alpha value is -3.09. The zero-order chi connectivity index (χ0) is 20.3. The highest BCUT2D eigenvalue weighted by Crippen LogP contribution is 2.31. The first kappa shape index (κ1) is 19.2. The maximum atomic E-state index is 12.8. The third kappa shape index (κ3) is 4.67. The van der Waals surface area contributed by atoms with E-state index in [4.69, 9.17) is 0 Å². The minimum atomic E-state index is -4.38. The van der Waals surface area contributed by atoms with Crippen LogP contribution in [0.5, 0.6) is 0 Å². The first-order valence-electron chi connectivity index (χ1n) is 9.62. The Kier molecular flexibility index (Phi) is 5.38. The molecular formula is C22H21F3N4. The minimum Gasteiger partial charge on any atom is -0.372 e. The molecule has 4 nitrogen and oxygen atoms in total. The monoisotopic (exact) mass is 398 g/mol. The van der Waals surface area contributed by atoms with Crippen molar-refractivity contribution in [3.8, 4) is 11.3 Å². The number of halogens is 3. The Morgan fingerprint density at radius 3 is 2.24 bits per heavy atom. The predicted octanol–water partition coefficient (Wildman–Crippen LogP) is 5.90. The summed E-state index contributed by atoms with van der Waals surface area (Å²) >= 11 is 0. The molecule has 2 aromatic carbocycles. The van der Waals surface area contributed by atoms with Gasteiger partial charge in [0, 0.05) is 30.0 Å². The van der Waals surface area contributed by atoms with Crippen molar-refractivity contribution in [3.63, 3.8) is 0 Å². The number of alkyl halides is 3. The molecule has 1 aliphatic rings. The lowest BCUT2D eigenvalue weighted by molar-refractivity contribution is -0.137. The van der Waals surface area contributed by atoms with E-state index in [2.05, 4.69) is 32.5 Å². The molecule has 0 atom stereocenters. The van der Waals surface area contributed by atoms with Crippen LogP contribution in [-0.4, -0.2) is 23.3 Å². The van der Waals surface area contributed by atoms with Crippen molar-refractivity contribution in [2.45, 2.75) is 25.4 Å². The van der Waals surface area contributed by atoms with Gasteiger partial charge in [0.2, 0.25) is 0 Å². The van der Waals surface area contributed by atoms with Gasteiger partial charge >= 0.3 is 6.18 Å². The van der Waals surface area contributed by atoms with Crippen LogP contribution in [0.2, 0.25) is 0 Å². The topological polar surface area (TPSA) is 41.0 Å². The van der Waals surface area contributed by atoms with Gasteiger partial charge in [-0.1, -0.05) is 18.2 Å². The standard InChI is InChI=1S/C22H21F3N4/c23-22(24,25)17-5-4-6-18(15-17)26-21-12-11-20(27-28-21)16-7-9-19(10-8-16)29-13-2-1-3-14-29/h4-12,15H,1-3,13-14H2,(H,26,28). The molecule has 0 unspecified atom stereocenters. The molecule has 4 rings (SSSR count). The number of nitrogens with zero attached hydrogens (tertiary/aromatic N) is 3. The third-order valence-electron chi connectivity index (χ3n) is 5.01. The molecule has 1 fully saturated rings. The lowest BCUT2D eigenvalue weighted by atomic mass is 10.1. The number of piperidine rings is 1. The second kappa shape index (κ2) is 8.11. The Labute approximate surface area is 167 Å². The molecule has 1 aromatic heterocycles. The Morgan fingerprint density at radius 1 is 0.828 bits per heavy atom. The van der Waals surface area contributed by atoms with Crippen molar-refractivity contribution < 1.29 is 13.2 Å². The largest absolute Gasteiger partial charge is 0.416 e. The van der Waals surface area contributed by atoms with E-state index >= 15 is 0 Å². The number of anilines is 3. The molecule has 0 saturated carbocycles. The van der Waals surface area contributed by atoms with E-state index in [1.807, 2.05) is 12.1 Å². The SMILES string of the molecule is FC(F)(F)c1cccc(Nc2ccc(-c3ccc(N4CCCCC4)cc3)nn2)c1. The van der Waals surface area contributed by atoms with E-state index in [9.17, 15) is 13.2 Å². The smallest absolute Gasteiger partial charge is 0.372 e. The van der Waals surface area contributed by atoms with Crippen LogP contribution >= 0.6 is 0 Å². The van der Waals surface area contributed by atoms with E-state index < -0.39 is 11.7 Å². The summed E-state index contributed by atoms with van der Waals surface area (Å²) in [5.41, 5.74) is 2.48. The number of rotatable bonds is 4. The molecule has 2 heterocycles. The second-order valence-electron chi connectivity index (χ2n) is 7.10. The van der Waals surface area contributed by atoms with Crippen LogP contribution in [0.4, 0.5) is 30.4 Å². The van der Waals surface area contributed by atoms with Crippen LogP contribution in [0, 0.1) is 0 Å². The number of hydrogen-bond donors (Lipinski definition) is 1. The van der Waals surface area contributed by atoms with Crippen molar-refractivity contribution in [3.05, 3.63) is 66.2 Å². The lowest BCUT2D eigenvalue weighted by Gasteiger charge is -2.28. The molecule has 3 aromatic rings. The number of hydrogen-bond acceptors (Lipinski definition) is 4. The lowest BCUT2D eigenvalue weighted by Crippen LogP contribution is -2.29. The van der Waals surface area contributed by atoms with Crippen LogP contribution < -0.4 is 10.2 Å². The fraction of sp³-hybridized carbons (Fsp3) is 0.273. The van der Waals surface area contributed by atoms with E-state index in [1.54, 1.807) is 18.2 Å². The third-order valence-corrected chi connectivity index (χ3v) is 5.01. The highest BCUT2D eigenvalue weighted by atomic mass is 19.4. The summed E-state index contributed by atoms with van der Waals surface area (Å²) in [6.45, 7) is 2.18. The maximum Gasteiger partial charge on any atom is 0.416 e. The molecular weight excluding hydrogens is 377 g/mol. The van der Waals surface area contributed by atoms with Gasteiger partial charge in [0.1, 0.15) is 0 Å². The summed E-state index contributed by atoms with van der Waals surface area (Å²) in [5.74, 6) is 0.387. The first-order valence-corrected chi connectivity index (χ1v) is 9.62. The summed E-state index contributed by atoms with van der Waals surface area (Å²) < 4.78 is 38.5. The molecule has 29 heavy (non-hydrogen) atoms. The number of benzene rings is 2. The predicted molar refractivity (Wildman–Crippen MR) is 108 cm³/mol. The highest BCUT2D eigenvalue weighted by Gasteiger charge is 2.30. The Balaban J connectivity index is 1.45. The summed E-state index contributed by atoms with van der Waals surface area (Å²) in [5, 5.41) is 11.2. The number of nitrogens with one attached hydrogen (secondary N) is 1. The van der Waals surface area contributed by atoms with Gasteiger partial charge in [0.15, 0.2) is 5.82 Å². The molecule has 0 spiro atoms. The van der Waals surface area contributed by atoms with E-state index in [-0.39, 0.29) is 0 Å². The van der Waals surface area contributed by atoms with Gasteiger partial charge in [0.05, 0.1) is 11.3 Å². The average Bonchev–Trinajstić information content (AvgIpc) is 2.75. The Morgan fingerprint density at radius 2 is 1.59 bits per heavy atom. The summed E-state index contributed by atoms with van der Waals surface area (Å²) in [6.07, 6.45) is -0.625. The van der Waals surface area contributed by atoms with Crippen molar-refractivity contribution >= 4 is 17.2 Å². The van der Waals surface area contributed by atoms with Gasteiger partial charge in [-0.25, -0.2) is 0 Å². The molecule has 7 heteroatoms. The van der Waals surface area contributed by atoms with E-state index in [0.717, 1.165) is 30.8 Å². The summed E-state index contributed by atoms with van der Waals surface area (Å²) in [7, 11) is 0. The van der Waals surface area contributed by atoms with Crippen LogP contribution in [0.1, 0.15) is 24.8 Å². The fourth-order valence-corrected chi connectivity index (χ4v) is 3.47. The zero-order valence-corrected chi connectivity index (χ0v) is 15.8. The Bertz CT molecular complexity index is 947.